The minimum absolute atomic E-state index is 0.0414. The van der Waals surface area contributed by atoms with Crippen LogP contribution in [0.5, 0.6) is 5.75 Å². The molecule has 5 heteroatoms. The van der Waals surface area contributed by atoms with Crippen LogP contribution in [0.2, 0.25) is 0 Å². The molecule has 0 saturated carbocycles. The molecule has 0 bridgehead atoms. The normalized spacial score (nSPS) is 9.96. The number of para-hydroxylation sites is 1. The maximum absolute atomic E-state index is 12.0. The first kappa shape index (κ1) is 16.5. The first-order valence-electron chi connectivity index (χ1n) is 7.37. The first-order valence-corrected chi connectivity index (χ1v) is 7.37. The van der Waals surface area contributed by atoms with Crippen LogP contribution >= 0.6 is 0 Å². The molecule has 0 fully saturated rings. The number of benzene rings is 2. The summed E-state index contributed by atoms with van der Waals surface area (Å²) in [4.78, 5) is 25.3. The molecule has 2 amide bonds. The van der Waals surface area contributed by atoms with E-state index in [-0.39, 0.29) is 25.0 Å². The Labute approximate surface area is 135 Å². The number of carbonyl (C=O) groups excluding carboxylic acids is 2. The van der Waals surface area contributed by atoms with Crippen molar-refractivity contribution in [3.05, 3.63) is 66.2 Å². The van der Waals surface area contributed by atoms with Crippen molar-refractivity contribution in [3.63, 3.8) is 0 Å². The summed E-state index contributed by atoms with van der Waals surface area (Å²) in [7, 11) is 1.71. The fraction of sp³-hybridized carbons (Fsp3) is 0.222. The molecule has 0 aromatic heterocycles. The van der Waals surface area contributed by atoms with Crippen LogP contribution in [0.4, 0.5) is 0 Å². The van der Waals surface area contributed by atoms with Crippen LogP contribution in [0.1, 0.15) is 5.56 Å². The van der Waals surface area contributed by atoms with Gasteiger partial charge in [-0.25, -0.2) is 0 Å². The molecule has 2 aromatic rings. The van der Waals surface area contributed by atoms with Crippen molar-refractivity contribution >= 4 is 11.8 Å². The molecule has 0 aliphatic rings. The lowest BCUT2D eigenvalue weighted by atomic mass is 10.2. The number of nitrogens with zero attached hydrogens (tertiary/aromatic N) is 1. The molecule has 23 heavy (non-hydrogen) atoms. The monoisotopic (exact) mass is 312 g/mol. The zero-order valence-corrected chi connectivity index (χ0v) is 13.1. The van der Waals surface area contributed by atoms with E-state index in [0.717, 1.165) is 5.56 Å². The van der Waals surface area contributed by atoms with Gasteiger partial charge in [0.05, 0.1) is 6.54 Å². The average molecular weight is 312 g/mol. The van der Waals surface area contributed by atoms with E-state index in [1.54, 1.807) is 24.1 Å². The Morgan fingerprint density at radius 2 is 1.61 bits per heavy atom. The zero-order chi connectivity index (χ0) is 16.5. The van der Waals surface area contributed by atoms with Gasteiger partial charge in [0.15, 0.2) is 6.61 Å². The predicted octanol–water partition coefficient (Wildman–Crippen LogP) is 1.84. The number of amides is 2. The molecule has 1 N–H and O–H groups in total. The highest BCUT2D eigenvalue weighted by molar-refractivity contribution is 5.85. The van der Waals surface area contributed by atoms with Crippen molar-refractivity contribution in [2.45, 2.75) is 6.54 Å². The van der Waals surface area contributed by atoms with E-state index in [1.165, 1.54) is 0 Å². The van der Waals surface area contributed by atoms with E-state index >= 15 is 0 Å². The molecule has 0 unspecified atom stereocenters. The van der Waals surface area contributed by atoms with Crippen molar-refractivity contribution in [1.82, 2.24) is 10.2 Å². The number of ether oxygens (including phenoxy) is 1. The van der Waals surface area contributed by atoms with Gasteiger partial charge in [-0.1, -0.05) is 48.5 Å². The van der Waals surface area contributed by atoms with E-state index in [4.69, 9.17) is 4.74 Å². The molecular formula is C18H20N2O3. The highest BCUT2D eigenvalue weighted by Crippen LogP contribution is 2.07. The zero-order valence-electron chi connectivity index (χ0n) is 13.1. The van der Waals surface area contributed by atoms with E-state index < -0.39 is 0 Å². The van der Waals surface area contributed by atoms with Crippen molar-refractivity contribution in [1.29, 1.82) is 0 Å². The van der Waals surface area contributed by atoms with Crippen LogP contribution in [0.25, 0.3) is 0 Å². The smallest absolute Gasteiger partial charge is 0.258 e. The highest BCUT2D eigenvalue weighted by atomic mass is 16.5. The number of hydrogen-bond acceptors (Lipinski definition) is 3. The van der Waals surface area contributed by atoms with Crippen LogP contribution in [0.3, 0.4) is 0 Å². The quantitative estimate of drug-likeness (QED) is 0.849. The second kappa shape index (κ2) is 8.58. The Hall–Kier alpha value is -2.82. The summed E-state index contributed by atoms with van der Waals surface area (Å²) >= 11 is 0. The van der Waals surface area contributed by atoms with Crippen molar-refractivity contribution < 1.29 is 14.3 Å². The number of hydrogen-bond donors (Lipinski definition) is 1. The topological polar surface area (TPSA) is 58.6 Å². The van der Waals surface area contributed by atoms with Crippen LogP contribution in [-0.4, -0.2) is 36.9 Å². The lowest BCUT2D eigenvalue weighted by molar-refractivity contribution is -0.132. The third-order valence-electron chi connectivity index (χ3n) is 3.24. The Bertz CT molecular complexity index is 629. The van der Waals surface area contributed by atoms with Crippen molar-refractivity contribution in [3.8, 4) is 5.75 Å². The summed E-state index contributed by atoms with van der Waals surface area (Å²) in [5.41, 5.74) is 1.04. The Balaban J connectivity index is 1.70. The summed E-state index contributed by atoms with van der Waals surface area (Å²) in [5.74, 6) is 0.146. The third kappa shape index (κ3) is 5.82. The molecule has 120 valence electrons. The SMILES string of the molecule is CN(Cc1ccccc1)C(=O)CNC(=O)COc1ccccc1. The summed E-state index contributed by atoms with van der Waals surface area (Å²) in [5, 5.41) is 2.56. The van der Waals surface area contributed by atoms with Gasteiger partial charge >= 0.3 is 0 Å². The second-order valence-electron chi connectivity index (χ2n) is 5.11. The summed E-state index contributed by atoms with van der Waals surface area (Å²) in [6, 6.07) is 18.8. The van der Waals surface area contributed by atoms with Crippen LogP contribution in [0, 0.1) is 0 Å². The minimum atomic E-state index is -0.324. The van der Waals surface area contributed by atoms with Gasteiger partial charge in [-0.2, -0.15) is 0 Å². The number of nitrogens with one attached hydrogen (secondary N) is 1. The molecule has 0 heterocycles. The van der Waals surface area contributed by atoms with Gasteiger partial charge < -0.3 is 15.0 Å². The van der Waals surface area contributed by atoms with Crippen LogP contribution < -0.4 is 10.1 Å². The number of likely N-dealkylation sites (N-methyl/N-ethyl adjacent to an activating group) is 1. The van der Waals surface area contributed by atoms with Gasteiger partial charge in [0.1, 0.15) is 5.75 Å². The number of carbonyl (C=O) groups is 2. The predicted molar refractivity (Wildman–Crippen MR) is 87.9 cm³/mol. The summed E-state index contributed by atoms with van der Waals surface area (Å²) in [6.07, 6.45) is 0. The largest absolute Gasteiger partial charge is 0.484 e. The lowest BCUT2D eigenvalue weighted by Crippen LogP contribution is -2.39. The summed E-state index contributed by atoms with van der Waals surface area (Å²) < 4.78 is 5.32. The lowest BCUT2D eigenvalue weighted by Gasteiger charge is -2.17. The molecule has 0 aliphatic heterocycles. The Morgan fingerprint density at radius 1 is 1.00 bits per heavy atom. The summed E-state index contributed by atoms with van der Waals surface area (Å²) in [6.45, 7) is 0.357. The maximum Gasteiger partial charge on any atom is 0.258 e. The van der Waals surface area contributed by atoms with E-state index in [2.05, 4.69) is 5.32 Å². The molecular weight excluding hydrogens is 292 g/mol. The standard InChI is InChI=1S/C18H20N2O3/c1-20(13-15-8-4-2-5-9-15)18(22)12-19-17(21)14-23-16-10-6-3-7-11-16/h2-11H,12-14H2,1H3,(H,19,21). The second-order valence-corrected chi connectivity index (χ2v) is 5.11. The Morgan fingerprint density at radius 3 is 2.26 bits per heavy atom. The molecule has 0 radical (unpaired) electrons. The van der Waals surface area contributed by atoms with Gasteiger partial charge in [0, 0.05) is 13.6 Å². The maximum atomic E-state index is 12.0. The molecule has 2 rings (SSSR count). The minimum Gasteiger partial charge on any atom is -0.484 e. The van der Waals surface area contributed by atoms with Gasteiger partial charge in [-0.05, 0) is 17.7 Å². The van der Waals surface area contributed by atoms with Crippen molar-refractivity contribution in [2.24, 2.45) is 0 Å². The van der Waals surface area contributed by atoms with Crippen LogP contribution in [0.15, 0.2) is 60.7 Å². The first-order chi connectivity index (χ1) is 11.1. The van der Waals surface area contributed by atoms with E-state index in [9.17, 15) is 9.59 Å². The molecule has 0 saturated heterocycles. The van der Waals surface area contributed by atoms with E-state index in [0.29, 0.717) is 12.3 Å². The highest BCUT2D eigenvalue weighted by Gasteiger charge is 2.11. The fourth-order valence-corrected chi connectivity index (χ4v) is 1.97. The fourth-order valence-electron chi connectivity index (χ4n) is 1.97. The third-order valence-corrected chi connectivity index (χ3v) is 3.24. The van der Waals surface area contributed by atoms with E-state index in [1.807, 2.05) is 48.5 Å². The average Bonchev–Trinajstić information content (AvgIpc) is 2.59. The molecule has 0 aliphatic carbocycles. The van der Waals surface area contributed by atoms with Gasteiger partial charge in [-0.3, -0.25) is 9.59 Å². The van der Waals surface area contributed by atoms with Crippen LogP contribution in [-0.2, 0) is 16.1 Å². The Kier molecular flexibility index (Phi) is 6.17. The molecule has 0 spiro atoms. The van der Waals surface area contributed by atoms with Gasteiger partial charge in [0.2, 0.25) is 5.91 Å². The number of rotatable bonds is 7. The molecule has 5 nitrogen and oxygen atoms in total. The van der Waals surface area contributed by atoms with Gasteiger partial charge in [-0.15, -0.1) is 0 Å². The van der Waals surface area contributed by atoms with Gasteiger partial charge in [0.25, 0.3) is 5.91 Å². The molecule has 2 aromatic carbocycles. The van der Waals surface area contributed by atoms with Crippen molar-refractivity contribution in [2.75, 3.05) is 20.2 Å². The molecule has 0 atom stereocenters.